The fourth-order valence-electron chi connectivity index (χ4n) is 5.12. The molecule has 2 aromatic rings. The Balaban J connectivity index is 1.60. The van der Waals surface area contributed by atoms with Gasteiger partial charge in [-0.3, -0.25) is 14.5 Å². The van der Waals surface area contributed by atoms with Gasteiger partial charge < -0.3 is 25.0 Å². The van der Waals surface area contributed by atoms with Crippen LogP contribution in [0.15, 0.2) is 18.2 Å². The van der Waals surface area contributed by atoms with Crippen LogP contribution < -0.4 is 20.1 Å². The number of carbonyl (C=O) groups excluding carboxylic acids is 2. The number of anilines is 2. The van der Waals surface area contributed by atoms with Gasteiger partial charge in [0.2, 0.25) is 5.91 Å². The Labute approximate surface area is 224 Å². The van der Waals surface area contributed by atoms with E-state index >= 15 is 0 Å². The molecule has 1 aliphatic carbocycles. The third-order valence-corrected chi connectivity index (χ3v) is 8.76. The lowest BCUT2D eigenvalue weighted by Gasteiger charge is -2.33. The molecule has 1 saturated heterocycles. The van der Waals surface area contributed by atoms with E-state index < -0.39 is 0 Å². The summed E-state index contributed by atoms with van der Waals surface area (Å²) in [6.07, 6.45) is 2.77. The number of methoxy groups -OCH3 is 2. The number of likely N-dealkylation sites (N-methyl/N-ethyl adjacent to an activating group) is 1. The van der Waals surface area contributed by atoms with Crippen molar-refractivity contribution >= 4 is 33.8 Å². The second-order valence-corrected chi connectivity index (χ2v) is 12.3. The molecule has 0 spiro atoms. The van der Waals surface area contributed by atoms with E-state index in [-0.39, 0.29) is 17.2 Å². The molecule has 1 fully saturated rings. The van der Waals surface area contributed by atoms with Gasteiger partial charge in [0, 0.05) is 37.1 Å². The van der Waals surface area contributed by atoms with Crippen molar-refractivity contribution in [3.8, 4) is 11.5 Å². The third kappa shape index (κ3) is 6.45. The van der Waals surface area contributed by atoms with E-state index in [0.717, 1.165) is 51.0 Å². The second kappa shape index (κ2) is 11.4. The summed E-state index contributed by atoms with van der Waals surface area (Å²) < 4.78 is 10.8. The number of rotatable bonds is 7. The number of carbonyl (C=O) groups is 2. The molecule has 2 N–H and O–H groups in total. The summed E-state index contributed by atoms with van der Waals surface area (Å²) in [5, 5.41) is 6.77. The Morgan fingerprint density at radius 2 is 1.81 bits per heavy atom. The molecule has 0 saturated carbocycles. The van der Waals surface area contributed by atoms with Gasteiger partial charge in [-0.1, -0.05) is 20.8 Å². The van der Waals surface area contributed by atoms with Crippen LogP contribution in [0, 0.1) is 11.3 Å². The highest BCUT2D eigenvalue weighted by Crippen LogP contribution is 2.44. The number of ether oxygens (including phenoxy) is 2. The van der Waals surface area contributed by atoms with E-state index in [2.05, 4.69) is 48.3 Å². The Hall–Kier alpha value is -2.62. The fraction of sp³-hybridized carbons (Fsp3) is 0.571. The van der Waals surface area contributed by atoms with Gasteiger partial charge in [-0.15, -0.1) is 11.3 Å². The van der Waals surface area contributed by atoms with Gasteiger partial charge in [0.15, 0.2) is 0 Å². The summed E-state index contributed by atoms with van der Waals surface area (Å²) in [5.74, 6) is 1.39. The number of amides is 2. The molecule has 1 aromatic carbocycles. The first-order valence-electron chi connectivity index (χ1n) is 13.0. The molecule has 1 atom stereocenters. The first-order chi connectivity index (χ1) is 17.6. The van der Waals surface area contributed by atoms with E-state index in [0.29, 0.717) is 40.2 Å². The first-order valence-corrected chi connectivity index (χ1v) is 13.8. The minimum Gasteiger partial charge on any atom is -0.497 e. The molecule has 1 aliphatic heterocycles. The van der Waals surface area contributed by atoms with Gasteiger partial charge in [-0.05, 0) is 55.3 Å². The monoisotopic (exact) mass is 528 g/mol. The van der Waals surface area contributed by atoms with Crippen molar-refractivity contribution in [2.45, 2.75) is 40.0 Å². The highest BCUT2D eigenvalue weighted by atomic mass is 32.1. The standard InChI is InChI=1S/C28H40N4O4S/c1-28(2,3)18-7-9-20-23(15-18)37-27(30-24(33)17-32-13-11-31(4)12-14-32)25(20)26(34)29-21-10-8-19(35-5)16-22(21)36-6/h8,10,16,18H,7,9,11-15,17H2,1-6H3,(H,29,34)(H,30,33). The largest absolute Gasteiger partial charge is 0.497 e. The number of fused-ring (bicyclic) bond motifs is 1. The molecular weight excluding hydrogens is 488 g/mol. The molecule has 9 heteroatoms. The fourth-order valence-corrected chi connectivity index (χ4v) is 6.46. The SMILES string of the molecule is COc1ccc(NC(=O)c2c(NC(=O)CN3CCN(C)CC3)sc3c2CCC(C(C)(C)C)C3)c(OC)c1. The van der Waals surface area contributed by atoms with Crippen molar-refractivity contribution < 1.29 is 19.1 Å². The van der Waals surface area contributed by atoms with Gasteiger partial charge in [-0.2, -0.15) is 0 Å². The molecular formula is C28H40N4O4S. The van der Waals surface area contributed by atoms with E-state index in [4.69, 9.17) is 9.47 Å². The zero-order chi connectivity index (χ0) is 26.7. The number of benzene rings is 1. The van der Waals surface area contributed by atoms with Crippen molar-refractivity contribution in [2.75, 3.05) is 64.6 Å². The molecule has 4 rings (SSSR count). The number of hydrogen-bond donors (Lipinski definition) is 2. The molecule has 202 valence electrons. The molecule has 1 unspecified atom stereocenters. The van der Waals surface area contributed by atoms with Crippen LogP contribution in [0.2, 0.25) is 0 Å². The molecule has 8 nitrogen and oxygen atoms in total. The molecule has 0 radical (unpaired) electrons. The molecule has 1 aromatic heterocycles. The van der Waals surface area contributed by atoms with E-state index in [1.165, 1.54) is 4.88 Å². The Bertz CT molecular complexity index is 1130. The Morgan fingerprint density at radius 1 is 1.08 bits per heavy atom. The van der Waals surface area contributed by atoms with Gasteiger partial charge in [-0.25, -0.2) is 0 Å². The second-order valence-electron chi connectivity index (χ2n) is 11.2. The maximum atomic E-state index is 13.7. The van der Waals surface area contributed by atoms with Crippen LogP contribution in [0.25, 0.3) is 0 Å². The van der Waals surface area contributed by atoms with Crippen molar-refractivity contribution in [2.24, 2.45) is 11.3 Å². The van der Waals surface area contributed by atoms with Crippen LogP contribution >= 0.6 is 11.3 Å². The summed E-state index contributed by atoms with van der Waals surface area (Å²) in [4.78, 5) is 32.4. The quantitative estimate of drug-likeness (QED) is 0.556. The lowest BCUT2D eigenvalue weighted by atomic mass is 9.72. The minimum atomic E-state index is -0.231. The summed E-state index contributed by atoms with van der Waals surface area (Å²) in [7, 11) is 5.25. The molecule has 2 heterocycles. The zero-order valence-electron chi connectivity index (χ0n) is 22.9. The van der Waals surface area contributed by atoms with Crippen LogP contribution in [0.5, 0.6) is 11.5 Å². The molecule has 0 bridgehead atoms. The van der Waals surface area contributed by atoms with E-state index in [1.54, 1.807) is 43.8 Å². The highest BCUT2D eigenvalue weighted by Gasteiger charge is 2.34. The number of thiophene rings is 1. The average molecular weight is 529 g/mol. The molecule has 37 heavy (non-hydrogen) atoms. The zero-order valence-corrected chi connectivity index (χ0v) is 23.7. The van der Waals surface area contributed by atoms with Crippen LogP contribution in [-0.4, -0.2) is 75.6 Å². The number of piperazine rings is 1. The molecule has 2 amide bonds. The summed E-state index contributed by atoms with van der Waals surface area (Å²) in [6.45, 7) is 10.8. The van der Waals surface area contributed by atoms with E-state index in [1.807, 2.05) is 0 Å². The summed E-state index contributed by atoms with van der Waals surface area (Å²) in [6, 6.07) is 5.30. The number of hydrogen-bond acceptors (Lipinski definition) is 7. The lowest BCUT2D eigenvalue weighted by Crippen LogP contribution is -2.47. The van der Waals surface area contributed by atoms with Crippen LogP contribution in [0.3, 0.4) is 0 Å². The predicted molar refractivity (Wildman–Crippen MR) is 149 cm³/mol. The maximum Gasteiger partial charge on any atom is 0.259 e. The summed E-state index contributed by atoms with van der Waals surface area (Å²) >= 11 is 1.56. The lowest BCUT2D eigenvalue weighted by molar-refractivity contribution is -0.117. The van der Waals surface area contributed by atoms with Crippen LogP contribution in [-0.2, 0) is 17.6 Å². The van der Waals surface area contributed by atoms with Crippen molar-refractivity contribution in [3.63, 3.8) is 0 Å². The van der Waals surface area contributed by atoms with E-state index in [9.17, 15) is 9.59 Å². The highest BCUT2D eigenvalue weighted by molar-refractivity contribution is 7.17. The topological polar surface area (TPSA) is 83.1 Å². The smallest absolute Gasteiger partial charge is 0.259 e. The Morgan fingerprint density at radius 3 is 2.46 bits per heavy atom. The van der Waals surface area contributed by atoms with Gasteiger partial charge in [0.1, 0.15) is 16.5 Å². The van der Waals surface area contributed by atoms with Gasteiger partial charge in [0.05, 0.1) is 32.0 Å². The molecule has 2 aliphatic rings. The van der Waals surface area contributed by atoms with Crippen LogP contribution in [0.1, 0.15) is 48.0 Å². The number of nitrogens with one attached hydrogen (secondary N) is 2. The minimum absolute atomic E-state index is 0.0772. The van der Waals surface area contributed by atoms with Crippen LogP contribution in [0.4, 0.5) is 10.7 Å². The van der Waals surface area contributed by atoms with Crippen molar-refractivity contribution in [1.82, 2.24) is 9.80 Å². The van der Waals surface area contributed by atoms with Crippen molar-refractivity contribution in [3.05, 3.63) is 34.2 Å². The van der Waals surface area contributed by atoms with Gasteiger partial charge >= 0.3 is 0 Å². The third-order valence-electron chi connectivity index (χ3n) is 7.59. The summed E-state index contributed by atoms with van der Waals surface area (Å²) in [5.41, 5.74) is 2.39. The van der Waals surface area contributed by atoms with Gasteiger partial charge in [0.25, 0.3) is 5.91 Å². The maximum absolute atomic E-state index is 13.7. The predicted octanol–water partition coefficient (Wildman–Crippen LogP) is 4.35. The Kier molecular flexibility index (Phi) is 8.46. The first kappa shape index (κ1) is 27.4. The van der Waals surface area contributed by atoms with Crippen molar-refractivity contribution in [1.29, 1.82) is 0 Å². The average Bonchev–Trinajstić information content (AvgIpc) is 3.22. The normalized spacial score (nSPS) is 18.7. The number of nitrogens with zero attached hydrogens (tertiary/aromatic N) is 2.